The molecule has 0 amide bonds. The summed E-state index contributed by atoms with van der Waals surface area (Å²) in [6.07, 6.45) is -15.2. The molecular weight excluding hydrogens is 692 g/mol. The van der Waals surface area contributed by atoms with Crippen molar-refractivity contribution >= 4 is 11.3 Å². The maximum atomic E-state index is 11.1. The highest BCUT2D eigenvalue weighted by atomic mass is 16.7. The molecule has 0 aromatic heterocycles. The van der Waals surface area contributed by atoms with Crippen LogP contribution in [0.15, 0.2) is 60.4 Å². The van der Waals surface area contributed by atoms with Gasteiger partial charge >= 0.3 is 0 Å². The number of phenolic OH excluding ortho intramolecular Hbond substituents is 5. The molecule has 17 heteroatoms. The molecule has 4 heterocycles. The normalized spacial score (nSPS) is 32.7. The molecule has 3 aromatic rings. The standard InChI is InChI=1S/C35H36O17/c1-12-25(40)28(43)30(45)34(48-12)47-11-23-27(42)29(44)31(46)35(51-23)52-33-17-10-20(13-2-4-15(36)5-3-13)49-21-8-16(37)9-22(24(17)21)50-32(33)14-6-18(38)26(41)19(39)7-14/h2-10,12,20,23,25,27-31,34-46H,11H2,1H3/t12-,20?,23-,25-,27-,28+,29+,30+,31-,34+,35+/m1/s1. The molecule has 3 aromatic carbocycles. The van der Waals surface area contributed by atoms with Gasteiger partial charge in [-0.1, -0.05) is 12.1 Å². The SMILES string of the molecule is C[C@H]1O[C@H](OC[C@H]2O[C@@H](OC3=C(c4cc(O)c(O)c(O)c4)Oc4cc(O)cc5c4C3=CC(c3ccc(O)cc3)O5)[C@H](O)[C@@H](O)[C@@H]2O)[C@@H](O)[C@@H](O)[C@@H]1O. The first kappa shape index (κ1) is 35.6. The average Bonchev–Trinajstić information content (AvgIpc) is 3.11. The fraction of sp³-hybridized carbons (Fsp3) is 0.371. The monoisotopic (exact) mass is 728 g/mol. The number of aliphatic hydroxyl groups excluding tert-OH is 6. The number of aliphatic hydroxyl groups is 6. The zero-order chi connectivity index (χ0) is 37.2. The van der Waals surface area contributed by atoms with Crippen molar-refractivity contribution in [3.05, 3.63) is 77.1 Å². The van der Waals surface area contributed by atoms with E-state index in [9.17, 15) is 56.2 Å². The number of hydrogen-bond acceptors (Lipinski definition) is 17. The fourth-order valence-corrected chi connectivity index (χ4v) is 6.37. The van der Waals surface area contributed by atoms with E-state index in [0.717, 1.165) is 12.1 Å². The van der Waals surface area contributed by atoms with Crippen molar-refractivity contribution in [3.8, 4) is 40.2 Å². The van der Waals surface area contributed by atoms with Gasteiger partial charge < -0.3 is 84.6 Å². The maximum absolute atomic E-state index is 11.1. The molecule has 11 atom stereocenters. The fourth-order valence-electron chi connectivity index (χ4n) is 6.37. The van der Waals surface area contributed by atoms with E-state index in [0.29, 0.717) is 5.56 Å². The van der Waals surface area contributed by atoms with Crippen molar-refractivity contribution in [2.24, 2.45) is 0 Å². The minimum absolute atomic E-state index is 0.00712. The highest BCUT2D eigenvalue weighted by Crippen LogP contribution is 2.53. The second-order valence-corrected chi connectivity index (χ2v) is 12.8. The molecule has 2 saturated heterocycles. The van der Waals surface area contributed by atoms with Crippen molar-refractivity contribution in [2.45, 2.75) is 74.4 Å². The molecule has 0 radical (unpaired) electrons. The first-order valence-electron chi connectivity index (χ1n) is 16.1. The largest absolute Gasteiger partial charge is 0.508 e. The van der Waals surface area contributed by atoms with Crippen LogP contribution < -0.4 is 9.47 Å². The van der Waals surface area contributed by atoms with Crippen LogP contribution in [0.2, 0.25) is 0 Å². The van der Waals surface area contributed by atoms with Crippen LogP contribution in [0, 0.1) is 0 Å². The van der Waals surface area contributed by atoms with Gasteiger partial charge in [-0.05, 0) is 42.8 Å². The molecule has 278 valence electrons. The Bertz CT molecular complexity index is 1870. The summed E-state index contributed by atoms with van der Waals surface area (Å²) in [5.74, 6) is -2.83. The molecule has 0 saturated carbocycles. The summed E-state index contributed by atoms with van der Waals surface area (Å²) in [7, 11) is 0. The molecule has 17 nitrogen and oxygen atoms in total. The van der Waals surface area contributed by atoms with E-state index in [-0.39, 0.29) is 51.2 Å². The van der Waals surface area contributed by atoms with Gasteiger partial charge in [0.25, 0.3) is 0 Å². The van der Waals surface area contributed by atoms with Crippen LogP contribution >= 0.6 is 0 Å². The number of hydrogen-bond donors (Lipinski definition) is 11. The van der Waals surface area contributed by atoms with E-state index in [1.165, 1.54) is 31.2 Å². The van der Waals surface area contributed by atoms with Crippen LogP contribution in [-0.2, 0) is 18.9 Å². The van der Waals surface area contributed by atoms with Gasteiger partial charge in [0.1, 0.15) is 71.8 Å². The smallest absolute Gasteiger partial charge is 0.229 e. The molecule has 1 unspecified atom stereocenters. The van der Waals surface area contributed by atoms with Gasteiger partial charge in [0.05, 0.1) is 18.3 Å². The number of benzene rings is 3. The lowest BCUT2D eigenvalue weighted by Gasteiger charge is -2.43. The third-order valence-electron chi connectivity index (χ3n) is 9.24. The molecule has 0 aliphatic carbocycles. The number of ether oxygens (including phenoxy) is 6. The Balaban J connectivity index is 1.28. The third-order valence-corrected chi connectivity index (χ3v) is 9.24. The van der Waals surface area contributed by atoms with E-state index >= 15 is 0 Å². The predicted molar refractivity (Wildman–Crippen MR) is 173 cm³/mol. The summed E-state index contributed by atoms with van der Waals surface area (Å²) >= 11 is 0. The van der Waals surface area contributed by atoms with E-state index in [1.54, 1.807) is 18.2 Å². The minimum atomic E-state index is -1.91. The highest BCUT2D eigenvalue weighted by molar-refractivity contribution is 5.95. The molecule has 0 spiro atoms. The number of allylic oxidation sites excluding steroid dienone is 1. The zero-order valence-electron chi connectivity index (χ0n) is 27.1. The summed E-state index contributed by atoms with van der Waals surface area (Å²) in [5.41, 5.74) is 0.989. The average molecular weight is 729 g/mol. The Labute approximate surface area is 294 Å². The second kappa shape index (κ2) is 13.6. The van der Waals surface area contributed by atoms with Crippen molar-refractivity contribution in [3.63, 3.8) is 0 Å². The second-order valence-electron chi connectivity index (χ2n) is 12.8. The first-order valence-corrected chi connectivity index (χ1v) is 16.1. The summed E-state index contributed by atoms with van der Waals surface area (Å²) in [6, 6.07) is 10.8. The minimum Gasteiger partial charge on any atom is -0.508 e. The number of rotatable bonds is 7. The molecule has 4 aliphatic rings. The lowest BCUT2D eigenvalue weighted by molar-refractivity contribution is -0.323. The van der Waals surface area contributed by atoms with Gasteiger partial charge in [-0.2, -0.15) is 0 Å². The Morgan fingerprint density at radius 2 is 1.31 bits per heavy atom. The number of phenols is 5. The van der Waals surface area contributed by atoms with Crippen molar-refractivity contribution < 1.29 is 84.6 Å². The van der Waals surface area contributed by atoms with Gasteiger partial charge in [0.2, 0.25) is 6.29 Å². The molecule has 11 N–H and O–H groups in total. The van der Waals surface area contributed by atoms with E-state index in [4.69, 9.17) is 28.4 Å². The van der Waals surface area contributed by atoms with Crippen LogP contribution in [0.3, 0.4) is 0 Å². The van der Waals surface area contributed by atoms with E-state index in [1.807, 2.05) is 0 Å². The molecule has 4 aliphatic heterocycles. The van der Waals surface area contributed by atoms with Crippen LogP contribution in [0.25, 0.3) is 11.3 Å². The Morgan fingerprint density at radius 1 is 0.673 bits per heavy atom. The van der Waals surface area contributed by atoms with Gasteiger partial charge in [-0.25, -0.2) is 0 Å². The topological polar surface area (TPSA) is 278 Å². The highest BCUT2D eigenvalue weighted by Gasteiger charge is 2.48. The molecule has 0 bridgehead atoms. The van der Waals surface area contributed by atoms with Crippen molar-refractivity contribution in [1.29, 1.82) is 0 Å². The number of aromatic hydroxyl groups is 5. The third kappa shape index (κ3) is 6.31. The summed E-state index contributed by atoms with van der Waals surface area (Å²) in [4.78, 5) is 0. The maximum Gasteiger partial charge on any atom is 0.229 e. The lowest BCUT2D eigenvalue weighted by atomic mass is 9.91. The molecule has 52 heavy (non-hydrogen) atoms. The van der Waals surface area contributed by atoms with Crippen LogP contribution in [-0.4, -0.2) is 124 Å². The lowest BCUT2D eigenvalue weighted by Crippen LogP contribution is -2.61. The summed E-state index contributed by atoms with van der Waals surface area (Å²) in [5, 5.41) is 115. The van der Waals surface area contributed by atoms with Gasteiger partial charge in [-0.3, -0.25) is 0 Å². The van der Waals surface area contributed by atoms with Gasteiger partial charge in [-0.15, -0.1) is 0 Å². The van der Waals surface area contributed by atoms with E-state index in [2.05, 4.69) is 0 Å². The summed E-state index contributed by atoms with van der Waals surface area (Å²) < 4.78 is 35.5. The van der Waals surface area contributed by atoms with Crippen LogP contribution in [0.5, 0.6) is 40.2 Å². The van der Waals surface area contributed by atoms with Crippen LogP contribution in [0.1, 0.15) is 29.7 Å². The summed E-state index contributed by atoms with van der Waals surface area (Å²) in [6.45, 7) is 0.870. The molecule has 2 fully saturated rings. The Kier molecular flexibility index (Phi) is 9.32. The predicted octanol–water partition coefficient (Wildman–Crippen LogP) is 0.161. The quantitative estimate of drug-likeness (QED) is 0.145. The Hall–Kier alpha value is -4.82. The van der Waals surface area contributed by atoms with Gasteiger partial charge in [0.15, 0.2) is 35.1 Å². The van der Waals surface area contributed by atoms with Crippen LogP contribution in [0.4, 0.5) is 0 Å². The molecular formula is C35H36O17. The zero-order valence-corrected chi connectivity index (χ0v) is 27.1. The van der Waals surface area contributed by atoms with E-state index < -0.39 is 91.4 Å². The Morgan fingerprint density at radius 3 is 2.00 bits per heavy atom. The molecule has 7 rings (SSSR count). The van der Waals surface area contributed by atoms with Crippen molar-refractivity contribution in [2.75, 3.05) is 6.61 Å². The van der Waals surface area contributed by atoms with Gasteiger partial charge in [0, 0.05) is 23.3 Å². The van der Waals surface area contributed by atoms with Crippen molar-refractivity contribution in [1.82, 2.24) is 0 Å². The first-order chi connectivity index (χ1) is 24.7.